The van der Waals surface area contributed by atoms with Crippen LogP contribution in [0, 0.1) is 54.8 Å². The van der Waals surface area contributed by atoms with Crippen LogP contribution in [0.25, 0.3) is 0 Å². The number of anilines is 2. The van der Waals surface area contributed by atoms with Gasteiger partial charge >= 0.3 is 79.0 Å². The van der Waals surface area contributed by atoms with Gasteiger partial charge < -0.3 is 39.0 Å². The Balaban J connectivity index is 0.00000145. The predicted molar refractivity (Wildman–Crippen MR) is 196 cm³/mol. The Morgan fingerprint density at radius 1 is 0.485 bits per heavy atom. The molecule has 3 nitrogen and oxygen atoms in total. The molecule has 0 atom stereocenters. The number of hydrogen-bond acceptors (Lipinski definition) is 2. The Bertz CT molecular complexity index is 2130. The molecule has 1 fully saturated rings. The van der Waals surface area contributed by atoms with Crippen LogP contribution >= 0.6 is 0 Å². The molecule has 0 saturated carbocycles. The molecule has 1 saturated heterocycles. The van der Waals surface area contributed by atoms with Crippen molar-refractivity contribution in [3.63, 3.8) is 0 Å². The van der Waals surface area contributed by atoms with Gasteiger partial charge in [0.2, 0.25) is 5.78 Å². The van der Waals surface area contributed by atoms with E-state index in [0.717, 1.165) is 13.1 Å². The second-order valence-electron chi connectivity index (χ2n) is 15.6. The predicted octanol–water partition coefficient (Wildman–Crippen LogP) is 7.62. The summed E-state index contributed by atoms with van der Waals surface area (Å²) in [5.41, 5.74) is 7.13. The van der Waals surface area contributed by atoms with Crippen molar-refractivity contribution in [2.45, 2.75) is 121 Å². The van der Waals surface area contributed by atoms with Crippen LogP contribution < -0.4 is 34.6 Å². The fraction of sp³-hybridized carbons (Fsp3) is 0.512. The topological polar surface area (TPSA) is 17.8 Å². The molecule has 0 spiro atoms. The van der Waals surface area contributed by atoms with Gasteiger partial charge in [0.1, 0.15) is 6.67 Å². The van der Waals surface area contributed by atoms with Gasteiger partial charge in [0.05, 0.1) is 0 Å². The van der Waals surface area contributed by atoms with Gasteiger partial charge in [-0.25, -0.2) is 6.58 Å². The summed E-state index contributed by atoms with van der Waals surface area (Å²) in [5.74, 6) is -78.2. The number of ketones is 1. The number of alkyl halides is 21. The van der Waals surface area contributed by atoms with Gasteiger partial charge in [-0.05, 0) is 75.4 Å². The van der Waals surface area contributed by atoms with Crippen molar-refractivity contribution in [1.29, 1.82) is 0 Å². The molecule has 68 heavy (non-hydrogen) atoms. The molecule has 4 rings (SSSR count). The molecule has 1 aliphatic carbocycles. The molecular formula is C41H38Cl2F21N2ORu. The van der Waals surface area contributed by atoms with Gasteiger partial charge in [-0.2, -0.15) is 92.2 Å². The first-order chi connectivity index (χ1) is 28.9. The van der Waals surface area contributed by atoms with Crippen LogP contribution in [0.4, 0.5) is 104 Å². The van der Waals surface area contributed by atoms with E-state index >= 15 is 0 Å². The summed E-state index contributed by atoms with van der Waals surface area (Å²) in [5, 5.41) is 0. The molecule has 1 radical (unpaired) electrons. The summed E-state index contributed by atoms with van der Waals surface area (Å²) in [6.07, 6.45) is -9.38. The third kappa shape index (κ3) is 10.6. The summed E-state index contributed by atoms with van der Waals surface area (Å²) in [6, 6.07) is 9.12. The summed E-state index contributed by atoms with van der Waals surface area (Å²) in [7, 11) is 0. The molecule has 0 bridgehead atoms. The van der Waals surface area contributed by atoms with E-state index in [2.05, 4.69) is 82.3 Å². The van der Waals surface area contributed by atoms with E-state index in [0.29, 0.717) is 0 Å². The molecule has 2 aromatic carbocycles. The molecule has 1 aliphatic heterocycles. The van der Waals surface area contributed by atoms with E-state index in [1.165, 1.54) is 58.6 Å². The van der Waals surface area contributed by atoms with Gasteiger partial charge in [-0.3, -0.25) is 0 Å². The van der Waals surface area contributed by atoms with Crippen molar-refractivity contribution in [2.75, 3.05) is 22.9 Å². The third-order valence-electron chi connectivity index (χ3n) is 9.95. The van der Waals surface area contributed by atoms with Crippen LogP contribution in [0.1, 0.15) is 47.2 Å². The fourth-order valence-electron chi connectivity index (χ4n) is 6.93. The molecule has 27 heteroatoms. The van der Waals surface area contributed by atoms with Crippen molar-refractivity contribution in [2.24, 2.45) is 0 Å². The van der Waals surface area contributed by atoms with Gasteiger partial charge in [0, 0.05) is 38.3 Å². The minimum Gasteiger partial charge on any atom is -1.00 e. The average molecular weight is 1150 g/mol. The number of benzene rings is 2. The van der Waals surface area contributed by atoms with Crippen LogP contribution in [-0.2, 0) is 23.9 Å². The Labute approximate surface area is 401 Å². The minimum absolute atomic E-state index is 0. The maximum Gasteiger partial charge on any atom is 2.00 e. The standard InChI is InChI=1S/C21H27N2.C20H11F21O.2ClH.Ru/c1-14-9-16(3)20(17(4)10-14)22-7-8-23(13-22)21-18(5)11-15(2)12-19(21)6;1-7(2)42-10-5-4-9(6-8(10)3)11(21,22)12(23,24)13(25,26)14(27,28)15(29,30)16(31,32)17(33,34)18(35,36)19(37,38)20(39,40)41;;;/h9-13H,7-8H2,1-6H3;3-7H,1-2H3;2*1H;/q;;;;+2/p-2. The largest absolute Gasteiger partial charge is 2.00 e. The van der Waals surface area contributed by atoms with Gasteiger partial charge in [0.25, 0.3) is 6.10 Å². The number of carbonyl (C=O) groups excluding carboxylic acids is 1. The Morgan fingerprint density at radius 2 is 0.779 bits per heavy atom. The molecule has 0 N–H and O–H groups in total. The number of aryl methyl sites for hydroxylation is 6. The number of allylic oxidation sites excluding steroid dienone is 5. The number of rotatable bonds is 12. The first-order valence-electron chi connectivity index (χ1n) is 18.5. The van der Waals surface area contributed by atoms with Crippen LogP contribution in [-0.4, -0.2) is 84.5 Å². The third-order valence-corrected chi connectivity index (χ3v) is 9.95. The zero-order valence-electron chi connectivity index (χ0n) is 36.0. The molecule has 0 amide bonds. The first kappa shape index (κ1) is 64.7. The van der Waals surface area contributed by atoms with Gasteiger partial charge in [-0.15, -0.1) is 6.08 Å². The SMILES string of the molecule is Cc1cc(C)c(N2[CH]N(c3c(C)cc(C)cc3C)CC2)c(C)c1.[CH-]=C1C=C(C(F)(F)C(F)(F)C(F)(F)C(F)(F)C(F)(F)C(F)(F)C(F)(F)C(F)(F)C(F)(F)C(F)(F)F)C=CC1=[O+]C(C)C.[Cl-].[Cl-].[Ru+2]. The van der Waals surface area contributed by atoms with Crippen molar-refractivity contribution in [3.05, 3.63) is 100 Å². The van der Waals surface area contributed by atoms with E-state index in [4.69, 9.17) is 11.0 Å². The smallest absolute Gasteiger partial charge is 1.00 e. The maximum absolute atomic E-state index is 14.3. The Hall–Kier alpha value is -3.34. The number of hydrogen-bond donors (Lipinski definition) is 0. The Morgan fingerprint density at radius 3 is 1.06 bits per heavy atom. The second-order valence-corrected chi connectivity index (χ2v) is 15.6. The van der Waals surface area contributed by atoms with Crippen LogP contribution in [0.5, 0.6) is 0 Å². The van der Waals surface area contributed by atoms with E-state index in [1.807, 2.05) is 0 Å². The van der Waals surface area contributed by atoms with Gasteiger partial charge in [0.15, 0.2) is 0 Å². The quantitative estimate of drug-likeness (QED) is 0.0717. The van der Waals surface area contributed by atoms with Crippen molar-refractivity contribution in [3.8, 4) is 0 Å². The molecule has 1 heterocycles. The summed E-state index contributed by atoms with van der Waals surface area (Å²) in [4.78, 5) is 4.81. The monoisotopic (exact) mass is 1150 g/mol. The van der Waals surface area contributed by atoms with E-state index in [9.17, 15) is 92.2 Å². The van der Waals surface area contributed by atoms with Crippen molar-refractivity contribution < 1.29 is 141 Å². The van der Waals surface area contributed by atoms with E-state index < -0.39 is 88.6 Å². The average Bonchev–Trinajstić information content (AvgIpc) is 3.59. The maximum atomic E-state index is 14.3. The molecular weight excluding hydrogens is 1110 g/mol. The zero-order chi connectivity index (χ0) is 50.9. The zero-order valence-corrected chi connectivity index (χ0v) is 39.3. The van der Waals surface area contributed by atoms with E-state index in [-0.39, 0.29) is 56.4 Å². The van der Waals surface area contributed by atoms with Crippen molar-refractivity contribution >= 4 is 17.2 Å². The fourth-order valence-corrected chi connectivity index (χ4v) is 6.93. The summed E-state index contributed by atoms with van der Waals surface area (Å²) >= 11 is 0. The van der Waals surface area contributed by atoms with Crippen molar-refractivity contribution in [1.82, 2.24) is 0 Å². The van der Waals surface area contributed by atoms with E-state index in [1.54, 1.807) is 0 Å². The number of nitrogens with zero attached hydrogens (tertiary/aromatic N) is 2. The minimum atomic E-state index is -9.21. The van der Waals surface area contributed by atoms with Gasteiger partial charge in [-0.1, -0.05) is 47.0 Å². The summed E-state index contributed by atoms with van der Waals surface area (Å²) in [6.45, 7) is 25.2. The molecule has 2 aromatic rings. The number of halogens is 23. The molecule has 0 aromatic heterocycles. The van der Waals surface area contributed by atoms with Crippen LogP contribution in [0.3, 0.4) is 0 Å². The van der Waals surface area contributed by atoms with Crippen LogP contribution in [0.15, 0.2) is 53.6 Å². The summed E-state index contributed by atoms with van der Waals surface area (Å²) < 4.78 is 288. The molecule has 2 aliphatic rings. The molecule has 0 unspecified atom stereocenters. The second kappa shape index (κ2) is 20.8. The normalized spacial score (nSPS) is 16.5. The Kier molecular flexibility index (Phi) is 19.8. The molecule has 387 valence electrons. The first-order valence-corrected chi connectivity index (χ1v) is 18.5. The van der Waals surface area contributed by atoms with Crippen LogP contribution in [0.2, 0.25) is 0 Å².